The highest BCUT2D eigenvalue weighted by Crippen LogP contribution is 2.07. The maximum atomic E-state index is 11.6. The van der Waals surface area contributed by atoms with Crippen LogP contribution < -0.4 is 10.6 Å². The number of carboxylic acid groups (broad SMARTS) is 1. The summed E-state index contributed by atoms with van der Waals surface area (Å²) in [6, 6.07) is -0.717. The Kier molecular flexibility index (Phi) is 8.22. The van der Waals surface area contributed by atoms with E-state index in [2.05, 4.69) is 17.6 Å². The van der Waals surface area contributed by atoms with Gasteiger partial charge in [-0.2, -0.15) is 0 Å². The highest BCUT2D eigenvalue weighted by Gasteiger charge is 2.19. The number of aliphatic carboxylic acids is 1. The zero-order valence-electron chi connectivity index (χ0n) is 13.2. The van der Waals surface area contributed by atoms with Gasteiger partial charge in [0, 0.05) is 12.6 Å². The van der Waals surface area contributed by atoms with Gasteiger partial charge < -0.3 is 20.5 Å². The maximum Gasteiger partial charge on any atom is 0.407 e. The molecular weight excluding hydrogens is 260 g/mol. The zero-order valence-corrected chi connectivity index (χ0v) is 13.2. The van der Waals surface area contributed by atoms with Crippen molar-refractivity contribution in [2.75, 3.05) is 6.54 Å². The Morgan fingerprint density at radius 3 is 2.35 bits per heavy atom. The lowest BCUT2D eigenvalue weighted by atomic mass is 10.1. The van der Waals surface area contributed by atoms with Crippen molar-refractivity contribution >= 4 is 12.1 Å². The predicted molar refractivity (Wildman–Crippen MR) is 77.8 cm³/mol. The molecule has 2 atom stereocenters. The molecule has 2 unspecified atom stereocenters. The minimum Gasteiger partial charge on any atom is -0.480 e. The number of amides is 1. The van der Waals surface area contributed by atoms with E-state index >= 15 is 0 Å². The van der Waals surface area contributed by atoms with Gasteiger partial charge in [0.1, 0.15) is 11.6 Å². The number of unbranched alkanes of at least 4 members (excludes halogenated alkanes) is 1. The van der Waals surface area contributed by atoms with Gasteiger partial charge in [-0.1, -0.05) is 19.8 Å². The Bertz CT molecular complexity index is 313. The van der Waals surface area contributed by atoms with Crippen LogP contribution in [0.25, 0.3) is 0 Å². The first kappa shape index (κ1) is 18.7. The van der Waals surface area contributed by atoms with E-state index in [-0.39, 0.29) is 6.04 Å². The molecule has 0 aromatic heterocycles. The van der Waals surface area contributed by atoms with Gasteiger partial charge in [0.2, 0.25) is 0 Å². The third-order valence-electron chi connectivity index (χ3n) is 2.65. The van der Waals surface area contributed by atoms with E-state index in [0.717, 1.165) is 19.3 Å². The van der Waals surface area contributed by atoms with Gasteiger partial charge in [-0.25, -0.2) is 4.79 Å². The molecule has 0 heterocycles. The molecular formula is C14H28N2O4. The number of carboxylic acids is 1. The average molecular weight is 288 g/mol. The largest absolute Gasteiger partial charge is 0.480 e. The Labute approximate surface area is 121 Å². The Morgan fingerprint density at radius 2 is 1.90 bits per heavy atom. The summed E-state index contributed by atoms with van der Waals surface area (Å²) >= 11 is 0. The predicted octanol–water partition coefficient (Wildman–Crippen LogP) is 2.13. The van der Waals surface area contributed by atoms with E-state index in [1.807, 2.05) is 0 Å². The van der Waals surface area contributed by atoms with E-state index in [9.17, 15) is 9.59 Å². The number of hydrogen-bond acceptors (Lipinski definition) is 4. The average Bonchev–Trinajstić information content (AvgIpc) is 2.30. The monoisotopic (exact) mass is 288 g/mol. The Hall–Kier alpha value is -1.30. The summed E-state index contributed by atoms with van der Waals surface area (Å²) in [6.45, 7) is 9.41. The minimum absolute atomic E-state index is 0.0754. The topological polar surface area (TPSA) is 87.7 Å². The van der Waals surface area contributed by atoms with Gasteiger partial charge in [0.25, 0.3) is 0 Å². The van der Waals surface area contributed by atoms with Crippen LogP contribution in [0.3, 0.4) is 0 Å². The van der Waals surface area contributed by atoms with E-state index in [1.54, 1.807) is 27.7 Å². The molecule has 20 heavy (non-hydrogen) atoms. The maximum absolute atomic E-state index is 11.6. The highest BCUT2D eigenvalue weighted by atomic mass is 16.6. The Morgan fingerprint density at radius 1 is 1.30 bits per heavy atom. The van der Waals surface area contributed by atoms with Crippen LogP contribution in [0.2, 0.25) is 0 Å². The first-order valence-electron chi connectivity index (χ1n) is 7.11. The van der Waals surface area contributed by atoms with E-state index in [4.69, 9.17) is 9.84 Å². The third-order valence-corrected chi connectivity index (χ3v) is 2.65. The molecule has 0 fully saturated rings. The van der Waals surface area contributed by atoms with Gasteiger partial charge in [-0.05, 0) is 34.1 Å². The summed E-state index contributed by atoms with van der Waals surface area (Å²) in [4.78, 5) is 22.4. The second-order valence-electron chi connectivity index (χ2n) is 5.95. The molecule has 0 aliphatic carbocycles. The standard InChI is InChI=1S/C14H28N2O4/c1-6-7-8-11(16-10(2)12(17)18)9-15-13(19)20-14(3,4)5/h10-11,16H,6-9H2,1-5H3,(H,15,19)(H,17,18). The quantitative estimate of drug-likeness (QED) is 0.637. The number of alkyl carbamates (subject to hydrolysis) is 1. The molecule has 0 rings (SSSR count). The summed E-state index contributed by atoms with van der Waals surface area (Å²) in [5.74, 6) is -0.899. The van der Waals surface area contributed by atoms with Gasteiger partial charge in [0.05, 0.1) is 0 Å². The molecule has 0 bridgehead atoms. The number of carbonyl (C=O) groups is 2. The molecule has 0 saturated carbocycles. The summed E-state index contributed by atoms with van der Waals surface area (Å²) in [6.07, 6.45) is 2.32. The Balaban J connectivity index is 4.28. The molecule has 0 aliphatic heterocycles. The van der Waals surface area contributed by atoms with Crippen LogP contribution in [0.5, 0.6) is 0 Å². The second kappa shape index (κ2) is 8.79. The lowest BCUT2D eigenvalue weighted by Crippen LogP contribution is -2.48. The molecule has 3 N–H and O–H groups in total. The van der Waals surface area contributed by atoms with Crippen molar-refractivity contribution in [3.63, 3.8) is 0 Å². The number of ether oxygens (including phenoxy) is 1. The first-order valence-corrected chi connectivity index (χ1v) is 7.11. The molecule has 0 radical (unpaired) electrons. The fraction of sp³-hybridized carbons (Fsp3) is 0.857. The fourth-order valence-electron chi connectivity index (χ4n) is 1.64. The van der Waals surface area contributed by atoms with Gasteiger partial charge in [0.15, 0.2) is 0 Å². The fourth-order valence-corrected chi connectivity index (χ4v) is 1.64. The number of hydrogen-bond donors (Lipinski definition) is 3. The summed E-state index contributed by atoms with van der Waals surface area (Å²) < 4.78 is 5.15. The van der Waals surface area contributed by atoms with Crippen LogP contribution in [0.1, 0.15) is 53.9 Å². The summed E-state index contributed by atoms with van der Waals surface area (Å²) in [7, 11) is 0. The van der Waals surface area contributed by atoms with Crippen LogP contribution in [0.4, 0.5) is 4.79 Å². The highest BCUT2D eigenvalue weighted by molar-refractivity contribution is 5.73. The van der Waals surface area contributed by atoms with Crippen LogP contribution in [0, 0.1) is 0 Å². The molecule has 1 amide bonds. The van der Waals surface area contributed by atoms with Crippen molar-refractivity contribution in [3.8, 4) is 0 Å². The van der Waals surface area contributed by atoms with Crippen molar-refractivity contribution in [1.82, 2.24) is 10.6 Å². The number of rotatable bonds is 8. The van der Waals surface area contributed by atoms with E-state index in [1.165, 1.54) is 0 Å². The minimum atomic E-state index is -0.899. The van der Waals surface area contributed by atoms with E-state index in [0.29, 0.717) is 6.54 Å². The molecule has 0 aromatic carbocycles. The number of nitrogens with one attached hydrogen (secondary N) is 2. The normalized spacial score (nSPS) is 14.4. The second-order valence-corrected chi connectivity index (χ2v) is 5.95. The first-order chi connectivity index (χ1) is 9.15. The smallest absolute Gasteiger partial charge is 0.407 e. The lowest BCUT2D eigenvalue weighted by Gasteiger charge is -2.24. The zero-order chi connectivity index (χ0) is 15.8. The summed E-state index contributed by atoms with van der Waals surface area (Å²) in [5.41, 5.74) is -0.537. The molecule has 0 spiro atoms. The van der Waals surface area contributed by atoms with Crippen LogP contribution in [0.15, 0.2) is 0 Å². The van der Waals surface area contributed by atoms with Crippen LogP contribution in [-0.2, 0) is 9.53 Å². The van der Waals surface area contributed by atoms with Gasteiger partial charge >= 0.3 is 12.1 Å². The molecule has 0 saturated heterocycles. The SMILES string of the molecule is CCCCC(CNC(=O)OC(C)(C)C)NC(C)C(=O)O. The van der Waals surface area contributed by atoms with E-state index < -0.39 is 23.7 Å². The van der Waals surface area contributed by atoms with Crippen LogP contribution >= 0.6 is 0 Å². The molecule has 0 aromatic rings. The van der Waals surface area contributed by atoms with Crippen molar-refractivity contribution in [3.05, 3.63) is 0 Å². The van der Waals surface area contributed by atoms with Crippen molar-refractivity contribution in [2.45, 2.75) is 71.6 Å². The van der Waals surface area contributed by atoms with Gasteiger partial charge in [-0.3, -0.25) is 4.79 Å². The van der Waals surface area contributed by atoms with Crippen molar-refractivity contribution < 1.29 is 19.4 Å². The molecule has 6 heteroatoms. The number of carbonyl (C=O) groups excluding carboxylic acids is 1. The molecule has 0 aliphatic rings. The van der Waals surface area contributed by atoms with Crippen molar-refractivity contribution in [2.24, 2.45) is 0 Å². The van der Waals surface area contributed by atoms with Crippen LogP contribution in [-0.4, -0.2) is 41.4 Å². The molecule has 6 nitrogen and oxygen atoms in total. The van der Waals surface area contributed by atoms with Gasteiger partial charge in [-0.15, -0.1) is 0 Å². The summed E-state index contributed by atoms with van der Waals surface area (Å²) in [5, 5.41) is 14.6. The van der Waals surface area contributed by atoms with Crippen molar-refractivity contribution in [1.29, 1.82) is 0 Å². The third kappa shape index (κ3) is 9.61. The lowest BCUT2D eigenvalue weighted by molar-refractivity contribution is -0.139. The molecule has 118 valence electrons.